The summed E-state index contributed by atoms with van der Waals surface area (Å²) in [7, 11) is 4.45. The van der Waals surface area contributed by atoms with Gasteiger partial charge in [0.15, 0.2) is 16.6 Å². The van der Waals surface area contributed by atoms with Gasteiger partial charge in [0.25, 0.3) is 11.8 Å². The lowest BCUT2D eigenvalue weighted by atomic mass is 10.1. The predicted octanol–water partition coefficient (Wildman–Crippen LogP) is 3.86. The minimum absolute atomic E-state index is 0.0433. The summed E-state index contributed by atoms with van der Waals surface area (Å²) in [5, 5.41) is 5.73. The highest BCUT2D eigenvalue weighted by atomic mass is 32.1. The molecule has 1 heterocycles. The van der Waals surface area contributed by atoms with Gasteiger partial charge in [0, 0.05) is 29.9 Å². The first-order valence-electron chi connectivity index (χ1n) is 10.8. The van der Waals surface area contributed by atoms with E-state index in [0.29, 0.717) is 34.1 Å². The SMILES string of the molecule is COc1cc(C(=O)NC(=S)Nc2ccc(C(=O)N3CCCCCC3)cc2)cc(OC)c1OC. The fourth-order valence-electron chi connectivity index (χ4n) is 3.70. The second kappa shape index (κ2) is 11.5. The molecule has 0 radical (unpaired) electrons. The third kappa shape index (κ3) is 6.13. The van der Waals surface area contributed by atoms with Crippen molar-refractivity contribution in [2.75, 3.05) is 39.7 Å². The fraction of sp³-hybridized carbons (Fsp3) is 0.375. The molecule has 2 aromatic carbocycles. The van der Waals surface area contributed by atoms with Gasteiger partial charge in [-0.3, -0.25) is 14.9 Å². The highest BCUT2D eigenvalue weighted by Crippen LogP contribution is 2.38. The maximum Gasteiger partial charge on any atom is 0.257 e. The molecule has 0 saturated carbocycles. The van der Waals surface area contributed by atoms with E-state index < -0.39 is 5.91 Å². The molecular weight excluding hydrogens is 442 g/mol. The van der Waals surface area contributed by atoms with E-state index in [1.54, 1.807) is 36.4 Å². The zero-order valence-electron chi connectivity index (χ0n) is 19.1. The van der Waals surface area contributed by atoms with Crippen LogP contribution in [0, 0.1) is 0 Å². The molecule has 2 N–H and O–H groups in total. The minimum atomic E-state index is -0.431. The second-order valence-electron chi connectivity index (χ2n) is 7.61. The van der Waals surface area contributed by atoms with Gasteiger partial charge in [0.2, 0.25) is 5.75 Å². The summed E-state index contributed by atoms with van der Waals surface area (Å²) < 4.78 is 15.9. The first-order valence-corrected chi connectivity index (χ1v) is 11.2. The maximum atomic E-state index is 12.7. The highest BCUT2D eigenvalue weighted by molar-refractivity contribution is 7.80. The number of rotatable bonds is 6. The van der Waals surface area contributed by atoms with Crippen LogP contribution in [-0.4, -0.2) is 56.2 Å². The van der Waals surface area contributed by atoms with Crippen LogP contribution in [0.2, 0.25) is 0 Å². The Bertz CT molecular complexity index is 977. The Hall–Kier alpha value is -3.33. The van der Waals surface area contributed by atoms with Gasteiger partial charge < -0.3 is 24.4 Å². The number of carbonyl (C=O) groups is 2. The summed E-state index contributed by atoms with van der Waals surface area (Å²) in [6.45, 7) is 1.60. The smallest absolute Gasteiger partial charge is 0.257 e. The third-order valence-electron chi connectivity index (χ3n) is 5.44. The van der Waals surface area contributed by atoms with Crippen LogP contribution in [0.15, 0.2) is 36.4 Å². The summed E-state index contributed by atoms with van der Waals surface area (Å²) in [5.41, 5.74) is 1.60. The van der Waals surface area contributed by atoms with E-state index in [1.165, 1.54) is 34.2 Å². The Kier molecular flexibility index (Phi) is 8.48. The standard InChI is InChI=1S/C24H29N3O5S/c1-30-19-14-17(15-20(31-2)21(19)32-3)22(28)26-24(33)25-18-10-8-16(9-11-18)23(29)27-12-6-4-5-7-13-27/h8-11,14-15H,4-7,12-13H2,1-3H3,(H2,25,26,28,33). The topological polar surface area (TPSA) is 89.1 Å². The summed E-state index contributed by atoms with van der Waals surface area (Å²) in [6.07, 6.45) is 4.44. The van der Waals surface area contributed by atoms with Gasteiger partial charge in [-0.25, -0.2) is 0 Å². The highest BCUT2D eigenvalue weighted by Gasteiger charge is 2.19. The number of thiocarbonyl (C=S) groups is 1. The molecule has 1 aliphatic rings. The number of nitrogens with one attached hydrogen (secondary N) is 2. The lowest BCUT2D eigenvalue weighted by Gasteiger charge is -2.20. The van der Waals surface area contributed by atoms with Crippen molar-refractivity contribution < 1.29 is 23.8 Å². The van der Waals surface area contributed by atoms with Crippen molar-refractivity contribution in [3.63, 3.8) is 0 Å². The number of benzene rings is 2. The zero-order valence-corrected chi connectivity index (χ0v) is 19.9. The van der Waals surface area contributed by atoms with Crippen LogP contribution in [0.5, 0.6) is 17.2 Å². The normalized spacial score (nSPS) is 13.5. The van der Waals surface area contributed by atoms with Crippen molar-refractivity contribution in [1.29, 1.82) is 0 Å². The van der Waals surface area contributed by atoms with Crippen molar-refractivity contribution in [2.45, 2.75) is 25.7 Å². The van der Waals surface area contributed by atoms with E-state index in [-0.39, 0.29) is 11.0 Å². The first kappa shape index (κ1) is 24.3. The van der Waals surface area contributed by atoms with E-state index >= 15 is 0 Å². The van der Waals surface area contributed by atoms with Crippen LogP contribution in [0.4, 0.5) is 5.69 Å². The zero-order chi connectivity index (χ0) is 23.8. The van der Waals surface area contributed by atoms with E-state index in [2.05, 4.69) is 10.6 Å². The number of nitrogens with zero attached hydrogens (tertiary/aromatic N) is 1. The van der Waals surface area contributed by atoms with Crippen molar-refractivity contribution in [3.05, 3.63) is 47.5 Å². The number of amides is 2. The third-order valence-corrected chi connectivity index (χ3v) is 5.64. The molecule has 1 fully saturated rings. The Labute approximate surface area is 199 Å². The molecule has 0 unspecified atom stereocenters. The molecule has 0 aromatic heterocycles. The molecule has 0 bridgehead atoms. The van der Waals surface area contributed by atoms with Gasteiger partial charge in [-0.1, -0.05) is 12.8 Å². The molecule has 0 atom stereocenters. The molecule has 9 heteroatoms. The molecule has 0 spiro atoms. The van der Waals surface area contributed by atoms with Crippen LogP contribution in [0.1, 0.15) is 46.4 Å². The molecule has 2 aromatic rings. The summed E-state index contributed by atoms with van der Waals surface area (Å²) in [4.78, 5) is 27.3. The van der Waals surface area contributed by atoms with Crippen molar-refractivity contribution in [3.8, 4) is 17.2 Å². The first-order chi connectivity index (χ1) is 16.0. The quantitative estimate of drug-likeness (QED) is 0.619. The molecule has 8 nitrogen and oxygen atoms in total. The summed E-state index contributed by atoms with van der Waals surface area (Å²) >= 11 is 5.28. The van der Waals surface area contributed by atoms with Gasteiger partial charge >= 0.3 is 0 Å². The average molecular weight is 472 g/mol. The number of carbonyl (C=O) groups excluding carboxylic acids is 2. The number of hydrogen-bond donors (Lipinski definition) is 2. The molecule has 2 amide bonds. The second-order valence-corrected chi connectivity index (χ2v) is 8.01. The lowest BCUT2D eigenvalue weighted by Crippen LogP contribution is -2.34. The fourth-order valence-corrected chi connectivity index (χ4v) is 3.91. The van der Waals surface area contributed by atoms with E-state index in [0.717, 1.165) is 25.9 Å². The van der Waals surface area contributed by atoms with Gasteiger partial charge in [-0.05, 0) is 61.5 Å². The Morgan fingerprint density at radius 3 is 1.94 bits per heavy atom. The van der Waals surface area contributed by atoms with Crippen LogP contribution < -0.4 is 24.8 Å². The van der Waals surface area contributed by atoms with Gasteiger partial charge in [-0.2, -0.15) is 0 Å². The number of likely N-dealkylation sites (tertiary alicyclic amines) is 1. The van der Waals surface area contributed by atoms with E-state index in [1.807, 2.05) is 4.90 Å². The van der Waals surface area contributed by atoms with E-state index in [4.69, 9.17) is 26.4 Å². The molecule has 0 aliphatic carbocycles. The van der Waals surface area contributed by atoms with Crippen LogP contribution in [0.25, 0.3) is 0 Å². The predicted molar refractivity (Wildman–Crippen MR) is 131 cm³/mol. The van der Waals surface area contributed by atoms with Crippen molar-refractivity contribution in [2.24, 2.45) is 0 Å². The van der Waals surface area contributed by atoms with Crippen molar-refractivity contribution >= 4 is 34.8 Å². The van der Waals surface area contributed by atoms with E-state index in [9.17, 15) is 9.59 Å². The van der Waals surface area contributed by atoms with Gasteiger partial charge in [-0.15, -0.1) is 0 Å². The summed E-state index contributed by atoms with van der Waals surface area (Å²) in [6, 6.07) is 10.1. The number of hydrogen-bond acceptors (Lipinski definition) is 6. The summed E-state index contributed by atoms with van der Waals surface area (Å²) in [5.74, 6) is 0.740. The van der Waals surface area contributed by atoms with Crippen LogP contribution in [0.3, 0.4) is 0 Å². The maximum absolute atomic E-state index is 12.7. The lowest BCUT2D eigenvalue weighted by molar-refractivity contribution is 0.0761. The molecule has 3 rings (SSSR count). The Morgan fingerprint density at radius 2 is 1.42 bits per heavy atom. The Morgan fingerprint density at radius 1 is 0.848 bits per heavy atom. The molecule has 176 valence electrons. The molecule has 1 saturated heterocycles. The number of ether oxygens (including phenoxy) is 3. The molecule has 1 aliphatic heterocycles. The van der Waals surface area contributed by atoms with Crippen LogP contribution >= 0.6 is 12.2 Å². The number of methoxy groups -OCH3 is 3. The molecular formula is C24H29N3O5S. The largest absolute Gasteiger partial charge is 0.493 e. The number of anilines is 1. The Balaban J connectivity index is 1.62. The van der Waals surface area contributed by atoms with Crippen molar-refractivity contribution in [1.82, 2.24) is 10.2 Å². The van der Waals surface area contributed by atoms with Crippen LogP contribution in [-0.2, 0) is 0 Å². The molecule has 33 heavy (non-hydrogen) atoms. The van der Waals surface area contributed by atoms with Gasteiger partial charge in [0.05, 0.1) is 21.3 Å². The van der Waals surface area contributed by atoms with Gasteiger partial charge in [0.1, 0.15) is 0 Å². The minimum Gasteiger partial charge on any atom is -0.493 e. The average Bonchev–Trinajstić information content (AvgIpc) is 3.12. The monoisotopic (exact) mass is 471 g/mol.